The number of hydrogen-bond acceptors (Lipinski definition) is 2. The highest BCUT2D eigenvalue weighted by molar-refractivity contribution is 7.20. The molecule has 0 saturated heterocycles. The maximum Gasteiger partial charge on any atom is 0.0819 e. The van der Waals surface area contributed by atoms with Gasteiger partial charge in [-0.15, -0.1) is 11.3 Å². The molecule has 0 radical (unpaired) electrons. The Kier molecular flexibility index (Phi) is 6.49. The summed E-state index contributed by atoms with van der Waals surface area (Å²) in [6.07, 6.45) is 0. The van der Waals surface area contributed by atoms with Gasteiger partial charge < -0.3 is 4.90 Å². The summed E-state index contributed by atoms with van der Waals surface area (Å²) in [5.41, 5.74) is 15.1. The van der Waals surface area contributed by atoms with Crippen molar-refractivity contribution < 1.29 is 0 Å². The SMILES string of the molecule is c1ccc2c(c1)-c1ccccc1C21c2cccc(-c3ccc(N(c4cccc5ccccc45)c4cccc5ccccc45)cc3)c2-c2c1sc1ccccc21. The van der Waals surface area contributed by atoms with Crippen molar-refractivity contribution >= 4 is 60.0 Å². The van der Waals surface area contributed by atoms with Gasteiger partial charge in [-0.25, -0.2) is 0 Å². The van der Waals surface area contributed by atoms with Crippen LogP contribution in [0.1, 0.15) is 21.6 Å². The molecule has 0 amide bonds. The first-order valence-electron chi connectivity index (χ1n) is 19.0. The maximum absolute atomic E-state index is 2.44. The third kappa shape index (κ3) is 4.18. The van der Waals surface area contributed by atoms with Gasteiger partial charge in [0, 0.05) is 37.0 Å². The van der Waals surface area contributed by atoms with E-state index in [1.165, 1.54) is 86.6 Å². The Bertz CT molecular complexity index is 3030. The van der Waals surface area contributed by atoms with Crippen molar-refractivity contribution in [3.63, 3.8) is 0 Å². The summed E-state index contributed by atoms with van der Waals surface area (Å²) in [7, 11) is 0. The largest absolute Gasteiger partial charge is 0.309 e. The number of benzene rings is 9. The number of rotatable bonds is 4. The van der Waals surface area contributed by atoms with Crippen LogP contribution < -0.4 is 4.90 Å². The Morgan fingerprint density at radius 1 is 0.364 bits per heavy atom. The molecular formula is C53H33NS. The Morgan fingerprint density at radius 2 is 0.855 bits per heavy atom. The van der Waals surface area contributed by atoms with Gasteiger partial charge in [0.2, 0.25) is 0 Å². The molecule has 2 heteroatoms. The lowest BCUT2D eigenvalue weighted by Gasteiger charge is -2.29. The van der Waals surface area contributed by atoms with E-state index in [0.29, 0.717) is 0 Å². The predicted octanol–water partition coefficient (Wildman–Crippen LogP) is 14.7. The fourth-order valence-corrected chi connectivity index (χ4v) is 11.3. The van der Waals surface area contributed by atoms with Crippen molar-refractivity contribution in [2.75, 3.05) is 4.90 Å². The molecule has 9 aromatic carbocycles. The molecule has 0 aliphatic heterocycles. The zero-order chi connectivity index (χ0) is 36.1. The van der Waals surface area contributed by atoms with Crippen molar-refractivity contribution in [2.24, 2.45) is 0 Å². The van der Waals surface area contributed by atoms with Crippen LogP contribution in [-0.2, 0) is 5.41 Å². The lowest BCUT2D eigenvalue weighted by molar-refractivity contribution is 0.812. The van der Waals surface area contributed by atoms with Crippen LogP contribution in [0.15, 0.2) is 200 Å². The molecule has 2 aliphatic carbocycles. The highest BCUT2D eigenvalue weighted by atomic mass is 32.1. The Hall–Kier alpha value is -6.74. The molecule has 2 aliphatic rings. The quantitative estimate of drug-likeness (QED) is 0.175. The summed E-state index contributed by atoms with van der Waals surface area (Å²) in [5, 5.41) is 6.24. The fraction of sp³-hybridized carbons (Fsp3) is 0.0189. The van der Waals surface area contributed by atoms with Crippen LogP contribution in [0.4, 0.5) is 17.1 Å². The Morgan fingerprint density at radius 3 is 1.51 bits per heavy atom. The lowest BCUT2D eigenvalue weighted by Crippen LogP contribution is -2.24. The summed E-state index contributed by atoms with van der Waals surface area (Å²) in [4.78, 5) is 3.87. The number of nitrogens with zero attached hydrogens (tertiary/aromatic N) is 1. The monoisotopic (exact) mass is 715 g/mol. The molecule has 256 valence electrons. The fourth-order valence-electron chi connectivity index (χ4n) is 9.83. The first kappa shape index (κ1) is 30.7. The summed E-state index contributed by atoms with van der Waals surface area (Å²) in [6, 6.07) is 74.2. The van der Waals surface area contributed by atoms with Crippen LogP contribution in [0.25, 0.3) is 65.0 Å². The molecule has 1 aromatic heterocycles. The van der Waals surface area contributed by atoms with Gasteiger partial charge in [-0.3, -0.25) is 0 Å². The third-order valence-electron chi connectivity index (χ3n) is 12.1. The molecule has 1 spiro atoms. The molecule has 0 N–H and O–H groups in total. The maximum atomic E-state index is 2.44. The molecule has 55 heavy (non-hydrogen) atoms. The second-order valence-electron chi connectivity index (χ2n) is 14.8. The minimum absolute atomic E-state index is 0.364. The molecule has 1 heterocycles. The lowest BCUT2D eigenvalue weighted by atomic mass is 9.73. The molecule has 0 bridgehead atoms. The van der Waals surface area contributed by atoms with Crippen molar-refractivity contribution in [2.45, 2.75) is 5.41 Å². The van der Waals surface area contributed by atoms with Gasteiger partial charge in [0.15, 0.2) is 0 Å². The second kappa shape index (κ2) is 11.6. The first-order chi connectivity index (χ1) is 27.3. The van der Waals surface area contributed by atoms with E-state index in [0.717, 1.165) is 17.1 Å². The van der Waals surface area contributed by atoms with Crippen LogP contribution >= 0.6 is 11.3 Å². The summed E-state index contributed by atoms with van der Waals surface area (Å²) in [5.74, 6) is 0. The smallest absolute Gasteiger partial charge is 0.0819 e. The number of thiophene rings is 1. The van der Waals surface area contributed by atoms with Crippen molar-refractivity contribution in [3.8, 4) is 33.4 Å². The molecule has 0 saturated carbocycles. The minimum Gasteiger partial charge on any atom is -0.309 e. The van der Waals surface area contributed by atoms with Gasteiger partial charge in [-0.2, -0.15) is 0 Å². The van der Waals surface area contributed by atoms with Gasteiger partial charge in [-0.05, 0) is 85.6 Å². The summed E-state index contributed by atoms with van der Waals surface area (Å²) < 4.78 is 1.34. The molecule has 1 nitrogen and oxygen atoms in total. The molecule has 0 atom stereocenters. The normalized spacial score (nSPS) is 13.2. The van der Waals surface area contributed by atoms with Gasteiger partial charge in [-0.1, -0.05) is 170 Å². The van der Waals surface area contributed by atoms with Gasteiger partial charge in [0.05, 0.1) is 16.8 Å². The average molecular weight is 716 g/mol. The standard InChI is InChI=1S/C53H33NS/c1-3-18-38-34(14-1)16-11-27-47(38)54(48-28-12-17-35-15-2-4-19-39(35)48)37-32-30-36(31-33-37)40-23-13-26-46-50(40)51-43-22-7-10-29-49(43)55-52(51)53(46)44-24-8-5-20-41(44)42-21-6-9-25-45(42)53/h1-33H. The van der Waals surface area contributed by atoms with E-state index in [4.69, 9.17) is 0 Å². The van der Waals surface area contributed by atoms with E-state index in [9.17, 15) is 0 Å². The summed E-state index contributed by atoms with van der Waals surface area (Å²) in [6.45, 7) is 0. The Balaban J connectivity index is 1.09. The van der Waals surface area contributed by atoms with Crippen molar-refractivity contribution in [3.05, 3.63) is 222 Å². The minimum atomic E-state index is -0.364. The zero-order valence-corrected chi connectivity index (χ0v) is 30.7. The molecule has 12 rings (SSSR count). The van der Waals surface area contributed by atoms with E-state index in [2.05, 4.69) is 205 Å². The van der Waals surface area contributed by atoms with E-state index in [-0.39, 0.29) is 5.41 Å². The number of hydrogen-bond donors (Lipinski definition) is 0. The van der Waals surface area contributed by atoms with Crippen molar-refractivity contribution in [1.82, 2.24) is 0 Å². The van der Waals surface area contributed by atoms with Gasteiger partial charge in [0.25, 0.3) is 0 Å². The van der Waals surface area contributed by atoms with E-state index < -0.39 is 0 Å². The average Bonchev–Trinajstić information content (AvgIpc) is 3.88. The molecule has 10 aromatic rings. The second-order valence-corrected chi connectivity index (χ2v) is 15.8. The van der Waals surface area contributed by atoms with E-state index >= 15 is 0 Å². The molecule has 0 unspecified atom stereocenters. The highest BCUT2D eigenvalue weighted by Crippen LogP contribution is 2.67. The third-order valence-corrected chi connectivity index (χ3v) is 13.3. The van der Waals surface area contributed by atoms with Crippen molar-refractivity contribution in [1.29, 1.82) is 0 Å². The number of fused-ring (bicyclic) bond motifs is 14. The predicted molar refractivity (Wildman–Crippen MR) is 233 cm³/mol. The van der Waals surface area contributed by atoms with Crippen LogP contribution in [0.5, 0.6) is 0 Å². The van der Waals surface area contributed by atoms with Crippen LogP contribution in [0, 0.1) is 0 Å². The van der Waals surface area contributed by atoms with E-state index in [1.807, 2.05) is 11.3 Å². The van der Waals surface area contributed by atoms with Crippen LogP contribution in [0.2, 0.25) is 0 Å². The van der Waals surface area contributed by atoms with Crippen LogP contribution in [0.3, 0.4) is 0 Å². The first-order valence-corrected chi connectivity index (χ1v) is 19.8. The van der Waals surface area contributed by atoms with Gasteiger partial charge >= 0.3 is 0 Å². The van der Waals surface area contributed by atoms with Gasteiger partial charge in [0.1, 0.15) is 0 Å². The van der Waals surface area contributed by atoms with Crippen LogP contribution in [-0.4, -0.2) is 0 Å². The van der Waals surface area contributed by atoms with E-state index in [1.54, 1.807) is 0 Å². The zero-order valence-electron chi connectivity index (χ0n) is 29.9. The number of anilines is 3. The summed E-state index contributed by atoms with van der Waals surface area (Å²) >= 11 is 1.97. The highest BCUT2D eigenvalue weighted by Gasteiger charge is 2.53. The molecule has 0 fully saturated rings. The topological polar surface area (TPSA) is 3.24 Å². The Labute approximate surface area is 324 Å². The molecular weight excluding hydrogens is 683 g/mol.